The predicted molar refractivity (Wildman–Crippen MR) is 54.8 cm³/mol. The molecule has 92 valence electrons. The molecule has 3 atom stereocenters. The lowest BCUT2D eigenvalue weighted by molar-refractivity contribution is -0.146. The first-order valence-electron chi connectivity index (χ1n) is 5.31. The lowest BCUT2D eigenvalue weighted by Crippen LogP contribution is -2.50. The van der Waals surface area contributed by atoms with Crippen LogP contribution >= 0.6 is 0 Å². The molecule has 3 unspecified atom stereocenters. The van der Waals surface area contributed by atoms with Crippen molar-refractivity contribution < 1.29 is 24.5 Å². The van der Waals surface area contributed by atoms with E-state index >= 15 is 0 Å². The van der Waals surface area contributed by atoms with Crippen molar-refractivity contribution in [3.05, 3.63) is 0 Å². The highest BCUT2D eigenvalue weighted by atomic mass is 16.5. The van der Waals surface area contributed by atoms with Gasteiger partial charge in [-0.05, 0) is 19.8 Å². The molecule has 1 rings (SSSR count). The number of aliphatic hydroxyl groups is 1. The minimum atomic E-state index is -1.26. The molecule has 1 fully saturated rings. The SMILES string of the molecule is CC(O)C(NC(=O)C1CCCOC1)C(=O)O. The van der Waals surface area contributed by atoms with E-state index in [1.54, 1.807) is 0 Å². The van der Waals surface area contributed by atoms with E-state index in [-0.39, 0.29) is 11.8 Å². The third-order valence-electron chi connectivity index (χ3n) is 2.58. The second-order valence-corrected chi connectivity index (χ2v) is 3.98. The molecule has 1 aliphatic heterocycles. The summed E-state index contributed by atoms with van der Waals surface area (Å²) in [6.45, 7) is 2.29. The van der Waals surface area contributed by atoms with Crippen LogP contribution in [0.2, 0.25) is 0 Å². The number of rotatable bonds is 4. The molecule has 3 N–H and O–H groups in total. The van der Waals surface area contributed by atoms with E-state index in [0.29, 0.717) is 19.6 Å². The van der Waals surface area contributed by atoms with Crippen molar-refractivity contribution in [1.82, 2.24) is 5.32 Å². The van der Waals surface area contributed by atoms with Crippen LogP contribution in [-0.4, -0.2) is 47.4 Å². The summed E-state index contributed by atoms with van der Waals surface area (Å²) in [7, 11) is 0. The summed E-state index contributed by atoms with van der Waals surface area (Å²) in [5.41, 5.74) is 0. The number of carboxylic acids is 1. The van der Waals surface area contributed by atoms with Crippen molar-refractivity contribution in [2.45, 2.75) is 31.9 Å². The second-order valence-electron chi connectivity index (χ2n) is 3.98. The fourth-order valence-electron chi connectivity index (χ4n) is 1.61. The summed E-state index contributed by atoms with van der Waals surface area (Å²) >= 11 is 0. The van der Waals surface area contributed by atoms with Gasteiger partial charge in [0, 0.05) is 6.61 Å². The summed E-state index contributed by atoms with van der Waals surface area (Å²) in [6, 6.07) is -1.26. The number of hydrogen-bond acceptors (Lipinski definition) is 4. The Hall–Kier alpha value is -1.14. The van der Waals surface area contributed by atoms with Crippen LogP contribution in [0, 0.1) is 5.92 Å². The molecule has 0 saturated carbocycles. The van der Waals surface area contributed by atoms with Crippen LogP contribution in [0.25, 0.3) is 0 Å². The number of aliphatic hydroxyl groups excluding tert-OH is 1. The first-order valence-corrected chi connectivity index (χ1v) is 5.31. The van der Waals surface area contributed by atoms with Gasteiger partial charge in [-0.25, -0.2) is 4.79 Å². The summed E-state index contributed by atoms with van der Waals surface area (Å²) in [6.07, 6.45) is 0.369. The quantitative estimate of drug-likeness (QED) is 0.598. The fraction of sp³-hybridized carbons (Fsp3) is 0.800. The van der Waals surface area contributed by atoms with E-state index in [4.69, 9.17) is 9.84 Å². The predicted octanol–water partition coefficient (Wildman–Crippen LogP) is -0.637. The molecular formula is C10H17NO5. The van der Waals surface area contributed by atoms with Gasteiger partial charge in [-0.1, -0.05) is 0 Å². The second kappa shape index (κ2) is 5.81. The Kier molecular flexibility index (Phi) is 4.70. The van der Waals surface area contributed by atoms with Gasteiger partial charge < -0.3 is 20.3 Å². The topological polar surface area (TPSA) is 95.9 Å². The maximum absolute atomic E-state index is 11.7. The Morgan fingerprint density at radius 2 is 2.19 bits per heavy atom. The van der Waals surface area contributed by atoms with Crippen LogP contribution in [0.5, 0.6) is 0 Å². The molecule has 1 heterocycles. The van der Waals surface area contributed by atoms with Crippen molar-refractivity contribution in [3.63, 3.8) is 0 Å². The van der Waals surface area contributed by atoms with Crippen LogP contribution < -0.4 is 5.32 Å². The maximum Gasteiger partial charge on any atom is 0.328 e. The number of nitrogens with one attached hydrogen (secondary N) is 1. The highest BCUT2D eigenvalue weighted by molar-refractivity contribution is 5.85. The minimum Gasteiger partial charge on any atom is -0.480 e. The molecule has 1 amide bonds. The van der Waals surface area contributed by atoms with Gasteiger partial charge in [0.25, 0.3) is 0 Å². The van der Waals surface area contributed by atoms with Gasteiger partial charge in [0.15, 0.2) is 6.04 Å². The molecule has 6 heteroatoms. The normalized spacial score (nSPS) is 24.5. The van der Waals surface area contributed by atoms with Gasteiger partial charge in [-0.15, -0.1) is 0 Å². The van der Waals surface area contributed by atoms with Crippen molar-refractivity contribution >= 4 is 11.9 Å². The van der Waals surface area contributed by atoms with Crippen LogP contribution in [0.4, 0.5) is 0 Å². The molecule has 6 nitrogen and oxygen atoms in total. The standard InChI is InChI=1S/C10H17NO5/c1-6(12)8(10(14)15)11-9(13)7-3-2-4-16-5-7/h6-8,12H,2-5H2,1H3,(H,11,13)(H,14,15). The van der Waals surface area contributed by atoms with Crippen molar-refractivity contribution in [1.29, 1.82) is 0 Å². The Balaban J connectivity index is 2.50. The zero-order valence-corrected chi connectivity index (χ0v) is 9.18. The average molecular weight is 231 g/mol. The van der Waals surface area contributed by atoms with E-state index in [1.165, 1.54) is 6.92 Å². The molecule has 0 aromatic heterocycles. The van der Waals surface area contributed by atoms with E-state index in [1.807, 2.05) is 0 Å². The monoisotopic (exact) mass is 231 g/mol. The van der Waals surface area contributed by atoms with Gasteiger partial charge in [-0.3, -0.25) is 4.79 Å². The Morgan fingerprint density at radius 1 is 1.50 bits per heavy atom. The lowest BCUT2D eigenvalue weighted by atomic mass is 10.0. The molecular weight excluding hydrogens is 214 g/mol. The van der Waals surface area contributed by atoms with Gasteiger partial charge >= 0.3 is 5.97 Å². The number of carbonyl (C=O) groups excluding carboxylic acids is 1. The molecule has 0 aromatic carbocycles. The zero-order valence-electron chi connectivity index (χ0n) is 9.18. The molecule has 0 radical (unpaired) electrons. The molecule has 0 bridgehead atoms. The summed E-state index contributed by atoms with van der Waals surface area (Å²) in [4.78, 5) is 22.4. The largest absolute Gasteiger partial charge is 0.480 e. The van der Waals surface area contributed by atoms with E-state index in [2.05, 4.69) is 5.32 Å². The highest BCUT2D eigenvalue weighted by Gasteiger charge is 2.29. The summed E-state index contributed by atoms with van der Waals surface area (Å²) < 4.78 is 5.13. The maximum atomic E-state index is 11.7. The number of hydrogen-bond donors (Lipinski definition) is 3. The Bertz CT molecular complexity index is 260. The smallest absolute Gasteiger partial charge is 0.328 e. The molecule has 0 spiro atoms. The average Bonchev–Trinajstić information content (AvgIpc) is 2.25. The number of aliphatic carboxylic acids is 1. The molecule has 0 aromatic rings. The fourth-order valence-corrected chi connectivity index (χ4v) is 1.61. The number of amides is 1. The van der Waals surface area contributed by atoms with Crippen LogP contribution in [0.15, 0.2) is 0 Å². The summed E-state index contributed by atoms with van der Waals surface area (Å²) in [5.74, 6) is -1.91. The van der Waals surface area contributed by atoms with E-state index < -0.39 is 18.1 Å². The molecule has 1 aliphatic rings. The van der Waals surface area contributed by atoms with Gasteiger partial charge in [0.2, 0.25) is 5.91 Å². The van der Waals surface area contributed by atoms with Gasteiger partial charge in [0.1, 0.15) is 0 Å². The highest BCUT2D eigenvalue weighted by Crippen LogP contribution is 2.13. The first kappa shape index (κ1) is 12.9. The van der Waals surface area contributed by atoms with Crippen LogP contribution in [-0.2, 0) is 14.3 Å². The third kappa shape index (κ3) is 3.46. The third-order valence-corrected chi connectivity index (χ3v) is 2.58. The van der Waals surface area contributed by atoms with Crippen LogP contribution in [0.1, 0.15) is 19.8 Å². The molecule has 1 saturated heterocycles. The van der Waals surface area contributed by atoms with Gasteiger partial charge in [-0.2, -0.15) is 0 Å². The molecule has 16 heavy (non-hydrogen) atoms. The zero-order chi connectivity index (χ0) is 12.1. The number of carboxylic acid groups (broad SMARTS) is 1. The van der Waals surface area contributed by atoms with Gasteiger partial charge in [0.05, 0.1) is 18.6 Å². The Morgan fingerprint density at radius 3 is 2.62 bits per heavy atom. The Labute approximate surface area is 93.6 Å². The van der Waals surface area contributed by atoms with E-state index in [0.717, 1.165) is 6.42 Å². The first-order chi connectivity index (χ1) is 7.52. The van der Waals surface area contributed by atoms with E-state index in [9.17, 15) is 14.7 Å². The minimum absolute atomic E-state index is 0.311. The number of carbonyl (C=O) groups is 2. The van der Waals surface area contributed by atoms with Crippen molar-refractivity contribution in [2.75, 3.05) is 13.2 Å². The van der Waals surface area contributed by atoms with Crippen LogP contribution in [0.3, 0.4) is 0 Å². The molecule has 0 aliphatic carbocycles. The lowest BCUT2D eigenvalue weighted by Gasteiger charge is -2.24. The number of ether oxygens (including phenoxy) is 1. The van der Waals surface area contributed by atoms with Crippen molar-refractivity contribution in [2.24, 2.45) is 5.92 Å². The summed E-state index contributed by atoms with van der Waals surface area (Å²) in [5, 5.41) is 20.3. The van der Waals surface area contributed by atoms with Crippen molar-refractivity contribution in [3.8, 4) is 0 Å².